The number of piperidine rings is 2. The molecule has 0 aliphatic carbocycles. The third-order valence-corrected chi connectivity index (χ3v) is 7.72. The Balaban J connectivity index is 1.55. The molecule has 206 valence electrons. The Labute approximate surface area is 217 Å². The zero-order chi connectivity index (χ0) is 27.4. The largest absolute Gasteiger partial charge is 0.462 e. The van der Waals surface area contributed by atoms with Gasteiger partial charge in [0.05, 0.1) is 25.7 Å². The van der Waals surface area contributed by atoms with Gasteiger partial charge in [0, 0.05) is 87.6 Å². The minimum absolute atomic E-state index is 0.178. The summed E-state index contributed by atoms with van der Waals surface area (Å²) in [5.41, 5.74) is -2.16. The third kappa shape index (κ3) is 8.34. The highest BCUT2D eigenvalue weighted by Gasteiger charge is 2.55. The van der Waals surface area contributed by atoms with Gasteiger partial charge >= 0.3 is 11.9 Å². The number of esters is 2. The van der Waals surface area contributed by atoms with E-state index in [4.69, 9.17) is 9.47 Å². The van der Waals surface area contributed by atoms with E-state index in [1.54, 1.807) is 0 Å². The first kappa shape index (κ1) is 30.4. The van der Waals surface area contributed by atoms with E-state index in [9.17, 15) is 19.4 Å². The van der Waals surface area contributed by atoms with Crippen LogP contribution < -0.4 is 0 Å². The fourth-order valence-corrected chi connectivity index (χ4v) is 6.25. The summed E-state index contributed by atoms with van der Waals surface area (Å²) in [5.74, 6) is -0.356. The maximum absolute atomic E-state index is 12.4. The van der Waals surface area contributed by atoms with Crippen LogP contribution in [-0.4, -0.2) is 55.8 Å². The molecule has 0 atom stereocenters. The first-order valence-corrected chi connectivity index (χ1v) is 13.8. The molecule has 2 heterocycles. The van der Waals surface area contributed by atoms with Crippen LogP contribution in [0, 0.1) is 9.81 Å². The molecule has 36 heavy (non-hydrogen) atoms. The Morgan fingerprint density at radius 1 is 0.556 bits per heavy atom. The SMILES string of the molecule is CC1(C)CC(OC(=O)CCCCCCCCC(=O)OC2CC(C)(C)[N+](=O)C(C)(C)C2)CC(C)(C)[N+]1=O. The van der Waals surface area contributed by atoms with Crippen LogP contribution in [0.1, 0.15) is 132 Å². The molecule has 0 saturated carbocycles. The lowest BCUT2D eigenvalue weighted by atomic mass is 9.80. The molecule has 0 aromatic heterocycles. The molecule has 8 heteroatoms. The van der Waals surface area contributed by atoms with Crippen LogP contribution in [-0.2, 0) is 19.1 Å². The van der Waals surface area contributed by atoms with Gasteiger partial charge in [-0.3, -0.25) is 9.59 Å². The second kappa shape index (κ2) is 11.7. The number of unbranched alkanes of at least 4 members (excludes halogenated alkanes) is 5. The van der Waals surface area contributed by atoms with E-state index in [1.807, 2.05) is 55.4 Å². The third-order valence-electron chi connectivity index (χ3n) is 7.72. The second-order valence-electron chi connectivity index (χ2n) is 13.5. The minimum atomic E-state index is -0.541. The van der Waals surface area contributed by atoms with Crippen molar-refractivity contribution in [2.45, 2.75) is 167 Å². The lowest BCUT2D eigenvalue weighted by Crippen LogP contribution is -2.56. The number of ether oxygens (including phenoxy) is 2. The topological polar surface area (TPSA) is 92.8 Å². The molecule has 0 spiro atoms. The zero-order valence-corrected chi connectivity index (χ0v) is 24.0. The quantitative estimate of drug-likeness (QED) is 0.187. The van der Waals surface area contributed by atoms with E-state index in [2.05, 4.69) is 0 Å². The molecule has 0 amide bonds. The van der Waals surface area contributed by atoms with Gasteiger partial charge < -0.3 is 9.47 Å². The number of nitroso groups, excluding NO2 is 2. The molecule has 2 saturated heterocycles. The van der Waals surface area contributed by atoms with E-state index in [-0.39, 0.29) is 24.1 Å². The van der Waals surface area contributed by atoms with Crippen molar-refractivity contribution in [3.8, 4) is 0 Å². The standard InChI is InChI=1S/C28H50N2O6/c1-25(2)17-21(18-26(3,4)29(25)33)35-23(31)15-13-11-9-10-12-14-16-24(32)36-22-19-27(5,6)30(34)28(7,8)20-22/h21-22H,9-20H2,1-8H3/q+2. The van der Waals surface area contributed by atoms with Crippen molar-refractivity contribution >= 4 is 11.9 Å². The van der Waals surface area contributed by atoms with Crippen molar-refractivity contribution in [3.05, 3.63) is 9.81 Å². The van der Waals surface area contributed by atoms with Crippen molar-refractivity contribution in [1.82, 2.24) is 0 Å². The first-order valence-electron chi connectivity index (χ1n) is 13.8. The van der Waals surface area contributed by atoms with Crippen LogP contribution in [0.4, 0.5) is 0 Å². The summed E-state index contributed by atoms with van der Waals surface area (Å²) in [7, 11) is 0. The summed E-state index contributed by atoms with van der Waals surface area (Å²) in [6, 6.07) is 0. The van der Waals surface area contributed by atoms with E-state index in [0.29, 0.717) is 38.5 Å². The summed E-state index contributed by atoms with van der Waals surface area (Å²) < 4.78 is 13.7. The van der Waals surface area contributed by atoms with E-state index in [0.717, 1.165) is 48.0 Å². The predicted octanol–water partition coefficient (Wildman–Crippen LogP) is 6.19. The maximum atomic E-state index is 12.4. The Kier molecular flexibility index (Phi) is 9.85. The molecule has 8 nitrogen and oxygen atoms in total. The molecule has 2 aliphatic heterocycles. The normalized spacial score (nSPS) is 23.3. The van der Waals surface area contributed by atoms with Crippen LogP contribution in [0.25, 0.3) is 0 Å². The molecule has 2 rings (SSSR count). The number of rotatable bonds is 11. The highest BCUT2D eigenvalue weighted by atomic mass is 16.5. The predicted molar refractivity (Wildman–Crippen MR) is 139 cm³/mol. The Morgan fingerprint density at radius 2 is 0.806 bits per heavy atom. The van der Waals surface area contributed by atoms with E-state index in [1.165, 1.54) is 0 Å². The van der Waals surface area contributed by atoms with Crippen molar-refractivity contribution in [2.24, 2.45) is 0 Å². The summed E-state index contributed by atoms with van der Waals surface area (Å²) in [5, 5.41) is 0. The second-order valence-corrected chi connectivity index (χ2v) is 13.5. The minimum Gasteiger partial charge on any atom is -0.462 e. The molecular weight excluding hydrogens is 460 g/mol. The monoisotopic (exact) mass is 510 g/mol. The van der Waals surface area contributed by atoms with Gasteiger partial charge in [-0.2, -0.15) is 0 Å². The summed E-state index contributed by atoms with van der Waals surface area (Å²) >= 11 is 0. The summed E-state index contributed by atoms with van der Waals surface area (Å²) in [6.07, 6.45) is 8.13. The van der Waals surface area contributed by atoms with Crippen LogP contribution >= 0.6 is 0 Å². The van der Waals surface area contributed by atoms with Crippen LogP contribution in [0.15, 0.2) is 0 Å². The molecular formula is C28H50N2O6+2. The highest BCUT2D eigenvalue weighted by molar-refractivity contribution is 5.69. The van der Waals surface area contributed by atoms with Gasteiger partial charge in [0.1, 0.15) is 12.2 Å². The van der Waals surface area contributed by atoms with Gasteiger partial charge in [-0.1, -0.05) is 25.7 Å². The number of carbonyl (C=O) groups excluding carboxylic acids is 2. The maximum Gasteiger partial charge on any atom is 0.306 e. The number of nitrogens with zero attached hydrogens (tertiary/aromatic N) is 2. The smallest absolute Gasteiger partial charge is 0.306 e. The van der Waals surface area contributed by atoms with Gasteiger partial charge in [-0.15, -0.1) is 0 Å². The summed E-state index contributed by atoms with van der Waals surface area (Å²) in [6.45, 7) is 15.2. The van der Waals surface area contributed by atoms with Crippen molar-refractivity contribution < 1.29 is 28.6 Å². The van der Waals surface area contributed by atoms with Crippen LogP contribution in [0.5, 0.6) is 0 Å². The average Bonchev–Trinajstić information content (AvgIpc) is 2.71. The van der Waals surface area contributed by atoms with Gasteiger partial charge in [-0.05, 0) is 12.8 Å². The van der Waals surface area contributed by atoms with Gasteiger partial charge in [0.25, 0.3) is 0 Å². The van der Waals surface area contributed by atoms with Gasteiger partial charge in [0.15, 0.2) is 0 Å². The lowest BCUT2D eigenvalue weighted by Gasteiger charge is -2.36. The van der Waals surface area contributed by atoms with Crippen LogP contribution in [0.2, 0.25) is 0 Å². The molecule has 0 unspecified atom stereocenters. The first-order chi connectivity index (χ1) is 16.5. The lowest BCUT2D eigenvalue weighted by molar-refractivity contribution is -0.695. The Bertz CT molecular complexity index is 722. The van der Waals surface area contributed by atoms with Crippen molar-refractivity contribution in [2.75, 3.05) is 0 Å². The molecule has 0 N–H and O–H groups in total. The molecule has 0 aromatic rings. The molecule has 2 aliphatic rings. The fourth-order valence-electron chi connectivity index (χ4n) is 6.25. The number of hydrogen-bond donors (Lipinski definition) is 0. The number of carbonyl (C=O) groups is 2. The molecule has 0 bridgehead atoms. The molecule has 0 radical (unpaired) electrons. The summed E-state index contributed by atoms with van der Waals surface area (Å²) in [4.78, 5) is 49.5. The number of hydrogen-bond acceptors (Lipinski definition) is 6. The van der Waals surface area contributed by atoms with Crippen LogP contribution in [0.3, 0.4) is 0 Å². The fraction of sp³-hybridized carbons (Fsp3) is 0.929. The van der Waals surface area contributed by atoms with Crippen molar-refractivity contribution in [1.29, 1.82) is 0 Å². The molecule has 2 fully saturated rings. The van der Waals surface area contributed by atoms with E-state index < -0.39 is 22.2 Å². The van der Waals surface area contributed by atoms with Gasteiger partial charge in [-0.25, -0.2) is 0 Å². The zero-order valence-electron chi connectivity index (χ0n) is 24.0. The Hall–Kier alpha value is -1.86. The average molecular weight is 511 g/mol. The van der Waals surface area contributed by atoms with E-state index >= 15 is 0 Å². The Morgan fingerprint density at radius 3 is 1.08 bits per heavy atom. The highest BCUT2D eigenvalue weighted by Crippen LogP contribution is 2.37. The van der Waals surface area contributed by atoms with Crippen molar-refractivity contribution in [3.63, 3.8) is 0 Å². The van der Waals surface area contributed by atoms with Gasteiger partial charge in [0.2, 0.25) is 22.2 Å². The molecule has 0 aromatic carbocycles.